The van der Waals surface area contributed by atoms with E-state index in [4.69, 9.17) is 5.73 Å². The van der Waals surface area contributed by atoms with Crippen LogP contribution in [0.15, 0.2) is 43.0 Å². The second-order valence-electron chi connectivity index (χ2n) is 4.65. The van der Waals surface area contributed by atoms with Gasteiger partial charge in [-0.3, -0.25) is 4.98 Å². The molecule has 0 radical (unpaired) electrons. The number of nitrogen functional groups attached to an aromatic ring is 1. The summed E-state index contributed by atoms with van der Waals surface area (Å²) < 4.78 is 0. The standard InChI is InChI=1S/C15H15N5/c1-10-7-17-5-4-11(10)8-18-15-13-6-12(16)2-3-14(13)19-9-20-15/h2-7,9H,8,16H2,1H3,(H,18,19,20). The Balaban J connectivity index is 1.91. The average molecular weight is 265 g/mol. The summed E-state index contributed by atoms with van der Waals surface area (Å²) in [6.07, 6.45) is 5.20. The van der Waals surface area contributed by atoms with E-state index in [1.807, 2.05) is 37.4 Å². The maximum atomic E-state index is 5.83. The van der Waals surface area contributed by atoms with Crippen LogP contribution in [0.4, 0.5) is 11.5 Å². The SMILES string of the molecule is Cc1cnccc1CNc1ncnc2ccc(N)cc12. The molecule has 20 heavy (non-hydrogen) atoms. The van der Waals surface area contributed by atoms with Crippen LogP contribution < -0.4 is 11.1 Å². The lowest BCUT2D eigenvalue weighted by Gasteiger charge is -2.10. The van der Waals surface area contributed by atoms with E-state index in [-0.39, 0.29) is 0 Å². The second-order valence-corrected chi connectivity index (χ2v) is 4.65. The van der Waals surface area contributed by atoms with Crippen LogP contribution in [0.3, 0.4) is 0 Å². The van der Waals surface area contributed by atoms with Crippen molar-refractivity contribution in [3.8, 4) is 0 Å². The van der Waals surface area contributed by atoms with Crippen LogP contribution in [0.25, 0.3) is 10.9 Å². The van der Waals surface area contributed by atoms with Crippen LogP contribution in [0, 0.1) is 6.92 Å². The van der Waals surface area contributed by atoms with E-state index >= 15 is 0 Å². The largest absolute Gasteiger partial charge is 0.399 e. The van der Waals surface area contributed by atoms with Gasteiger partial charge < -0.3 is 11.1 Å². The fourth-order valence-electron chi connectivity index (χ4n) is 2.09. The Labute approximate surface area is 116 Å². The molecule has 0 saturated carbocycles. The predicted octanol–water partition coefficient (Wildman–Crippen LogP) is 2.53. The van der Waals surface area contributed by atoms with Crippen LogP contribution in [0.5, 0.6) is 0 Å². The summed E-state index contributed by atoms with van der Waals surface area (Å²) in [4.78, 5) is 12.6. The molecule has 5 nitrogen and oxygen atoms in total. The molecule has 0 atom stereocenters. The molecule has 1 aromatic carbocycles. The quantitative estimate of drug-likeness (QED) is 0.712. The molecule has 3 rings (SSSR count). The number of rotatable bonds is 3. The Bertz CT molecular complexity index is 754. The number of anilines is 2. The molecule has 2 heterocycles. The Kier molecular flexibility index (Phi) is 3.16. The van der Waals surface area contributed by atoms with E-state index in [1.165, 1.54) is 5.56 Å². The number of nitrogens with two attached hydrogens (primary N) is 1. The molecular weight excluding hydrogens is 250 g/mol. The maximum absolute atomic E-state index is 5.83. The topological polar surface area (TPSA) is 76.7 Å². The van der Waals surface area contributed by atoms with Gasteiger partial charge in [-0.15, -0.1) is 0 Å². The minimum absolute atomic E-state index is 0.690. The summed E-state index contributed by atoms with van der Waals surface area (Å²) in [6.45, 7) is 2.73. The van der Waals surface area contributed by atoms with Gasteiger partial charge in [0.15, 0.2) is 0 Å². The van der Waals surface area contributed by atoms with Gasteiger partial charge in [0.05, 0.1) is 5.52 Å². The Morgan fingerprint density at radius 3 is 2.95 bits per heavy atom. The average Bonchev–Trinajstić information content (AvgIpc) is 2.46. The van der Waals surface area contributed by atoms with Crippen molar-refractivity contribution >= 4 is 22.4 Å². The zero-order valence-electron chi connectivity index (χ0n) is 11.2. The summed E-state index contributed by atoms with van der Waals surface area (Å²) in [5.41, 5.74) is 9.76. The number of fused-ring (bicyclic) bond motifs is 1. The summed E-state index contributed by atoms with van der Waals surface area (Å²) in [6, 6.07) is 7.62. The van der Waals surface area contributed by atoms with Crippen LogP contribution in [0.2, 0.25) is 0 Å². The van der Waals surface area contributed by atoms with E-state index in [9.17, 15) is 0 Å². The molecule has 0 unspecified atom stereocenters. The van der Waals surface area contributed by atoms with E-state index < -0.39 is 0 Å². The van der Waals surface area contributed by atoms with Gasteiger partial charge in [0, 0.05) is 30.0 Å². The molecule has 100 valence electrons. The molecule has 3 aromatic rings. The molecule has 0 aliphatic carbocycles. The molecule has 0 fully saturated rings. The molecule has 3 N–H and O–H groups in total. The summed E-state index contributed by atoms with van der Waals surface area (Å²) in [7, 11) is 0. The van der Waals surface area contributed by atoms with Gasteiger partial charge in [-0.05, 0) is 42.3 Å². The number of hydrogen-bond acceptors (Lipinski definition) is 5. The normalized spacial score (nSPS) is 10.7. The first-order valence-corrected chi connectivity index (χ1v) is 6.37. The number of pyridine rings is 1. The van der Waals surface area contributed by atoms with Gasteiger partial charge in [0.2, 0.25) is 0 Å². The van der Waals surface area contributed by atoms with E-state index in [1.54, 1.807) is 12.5 Å². The van der Waals surface area contributed by atoms with Gasteiger partial charge in [-0.1, -0.05) is 0 Å². The number of benzene rings is 1. The van der Waals surface area contributed by atoms with Gasteiger partial charge in [0.25, 0.3) is 0 Å². The minimum atomic E-state index is 0.690. The number of nitrogens with one attached hydrogen (secondary N) is 1. The lowest BCUT2D eigenvalue weighted by atomic mass is 10.1. The van der Waals surface area contributed by atoms with Crippen LogP contribution >= 0.6 is 0 Å². The Hall–Kier alpha value is -2.69. The molecule has 0 saturated heterocycles. The van der Waals surface area contributed by atoms with E-state index in [0.29, 0.717) is 12.2 Å². The van der Waals surface area contributed by atoms with Crippen molar-refractivity contribution in [3.63, 3.8) is 0 Å². The third-order valence-corrected chi connectivity index (χ3v) is 3.24. The molecule has 0 aliphatic heterocycles. The molecule has 2 aromatic heterocycles. The van der Waals surface area contributed by atoms with Crippen molar-refractivity contribution in [3.05, 3.63) is 54.1 Å². The van der Waals surface area contributed by atoms with Crippen LogP contribution in [-0.2, 0) is 6.54 Å². The van der Waals surface area contributed by atoms with Crippen molar-refractivity contribution in [1.29, 1.82) is 0 Å². The highest BCUT2D eigenvalue weighted by atomic mass is 15.0. The molecule has 0 bridgehead atoms. The Morgan fingerprint density at radius 1 is 1.20 bits per heavy atom. The molecule has 5 heteroatoms. The first kappa shape index (κ1) is 12.3. The Morgan fingerprint density at radius 2 is 2.10 bits per heavy atom. The lowest BCUT2D eigenvalue weighted by molar-refractivity contribution is 1.07. The van der Waals surface area contributed by atoms with Crippen LogP contribution in [0.1, 0.15) is 11.1 Å². The van der Waals surface area contributed by atoms with Gasteiger partial charge in [-0.2, -0.15) is 0 Å². The summed E-state index contributed by atoms with van der Waals surface area (Å²) >= 11 is 0. The first-order valence-electron chi connectivity index (χ1n) is 6.37. The van der Waals surface area contributed by atoms with E-state index in [0.717, 1.165) is 22.3 Å². The highest BCUT2D eigenvalue weighted by Gasteiger charge is 2.04. The second kappa shape index (κ2) is 5.13. The highest BCUT2D eigenvalue weighted by Crippen LogP contribution is 2.22. The fourth-order valence-corrected chi connectivity index (χ4v) is 2.09. The lowest BCUT2D eigenvalue weighted by Crippen LogP contribution is -2.04. The monoisotopic (exact) mass is 265 g/mol. The van der Waals surface area contributed by atoms with Crippen molar-refractivity contribution in [2.24, 2.45) is 0 Å². The number of aromatic nitrogens is 3. The zero-order chi connectivity index (χ0) is 13.9. The first-order chi connectivity index (χ1) is 9.74. The molecular formula is C15H15N5. The summed E-state index contributed by atoms with van der Waals surface area (Å²) in [5, 5.41) is 4.27. The maximum Gasteiger partial charge on any atom is 0.137 e. The summed E-state index contributed by atoms with van der Waals surface area (Å²) in [5.74, 6) is 0.790. The third-order valence-electron chi connectivity index (χ3n) is 3.24. The number of aryl methyl sites for hydroxylation is 1. The zero-order valence-corrected chi connectivity index (χ0v) is 11.2. The predicted molar refractivity (Wildman–Crippen MR) is 80.3 cm³/mol. The van der Waals surface area contributed by atoms with Gasteiger partial charge in [-0.25, -0.2) is 9.97 Å². The number of hydrogen-bond donors (Lipinski definition) is 2. The molecule has 0 aliphatic rings. The van der Waals surface area contributed by atoms with Crippen molar-refractivity contribution in [2.75, 3.05) is 11.1 Å². The smallest absolute Gasteiger partial charge is 0.137 e. The minimum Gasteiger partial charge on any atom is -0.399 e. The fraction of sp³-hybridized carbons (Fsp3) is 0.133. The van der Waals surface area contributed by atoms with Gasteiger partial charge in [0.1, 0.15) is 12.1 Å². The molecule has 0 amide bonds. The highest BCUT2D eigenvalue weighted by molar-refractivity contribution is 5.91. The molecule has 0 spiro atoms. The van der Waals surface area contributed by atoms with Crippen molar-refractivity contribution < 1.29 is 0 Å². The number of nitrogens with zero attached hydrogens (tertiary/aromatic N) is 3. The van der Waals surface area contributed by atoms with Crippen LogP contribution in [-0.4, -0.2) is 15.0 Å². The third kappa shape index (κ3) is 2.38. The van der Waals surface area contributed by atoms with E-state index in [2.05, 4.69) is 20.3 Å². The van der Waals surface area contributed by atoms with Crippen molar-refractivity contribution in [1.82, 2.24) is 15.0 Å². The van der Waals surface area contributed by atoms with Crippen molar-refractivity contribution in [2.45, 2.75) is 13.5 Å². The van der Waals surface area contributed by atoms with Gasteiger partial charge >= 0.3 is 0 Å².